The van der Waals surface area contributed by atoms with Crippen LogP contribution in [0.15, 0.2) is 65.7 Å². The number of piperidine rings is 1. The lowest BCUT2D eigenvalue weighted by molar-refractivity contribution is -0.135. The van der Waals surface area contributed by atoms with Gasteiger partial charge in [-0.25, -0.2) is 13.6 Å². The molecule has 310 valence electrons. The van der Waals surface area contributed by atoms with E-state index in [9.17, 15) is 37.5 Å². The number of rotatable bonds is 10. The molecule has 3 amide bonds. The van der Waals surface area contributed by atoms with Crippen molar-refractivity contribution in [3.8, 4) is 17.0 Å². The van der Waals surface area contributed by atoms with Gasteiger partial charge in [-0.2, -0.15) is 9.49 Å². The summed E-state index contributed by atoms with van der Waals surface area (Å²) in [6.07, 6.45) is 9.46. The van der Waals surface area contributed by atoms with E-state index < -0.39 is 46.6 Å². The Morgan fingerprint density at radius 1 is 0.933 bits per heavy atom. The normalized spacial score (nSPS) is 19.6. The van der Waals surface area contributed by atoms with Gasteiger partial charge >= 0.3 is 5.69 Å². The Labute approximate surface area is 341 Å². The van der Waals surface area contributed by atoms with Gasteiger partial charge in [-0.05, 0) is 104 Å². The summed E-state index contributed by atoms with van der Waals surface area (Å²) in [7, 11) is 1.71. The Bertz CT molecular complexity index is 2770. The highest BCUT2D eigenvalue weighted by molar-refractivity contribution is 6.00. The number of phenolic OH excluding ortho intramolecular Hbond substituents is 1. The van der Waals surface area contributed by atoms with Crippen LogP contribution >= 0.6 is 0 Å². The number of benzene rings is 3. The van der Waals surface area contributed by atoms with Gasteiger partial charge in [0.25, 0.3) is 5.91 Å². The molecule has 16 heteroatoms. The van der Waals surface area contributed by atoms with E-state index >= 15 is 0 Å². The molecule has 13 nitrogen and oxygen atoms in total. The lowest BCUT2D eigenvalue weighted by Crippen LogP contribution is -2.44. The second-order valence-electron chi connectivity index (χ2n) is 16.3. The molecule has 9 rings (SSSR count). The molecule has 0 radical (unpaired) electrons. The van der Waals surface area contributed by atoms with Crippen LogP contribution < -0.4 is 16.3 Å². The van der Waals surface area contributed by atoms with Crippen LogP contribution in [0.4, 0.5) is 13.2 Å². The van der Waals surface area contributed by atoms with Gasteiger partial charge in [0.2, 0.25) is 17.6 Å². The van der Waals surface area contributed by atoms with Crippen LogP contribution in [0.2, 0.25) is 0 Å². The number of imide groups is 1. The van der Waals surface area contributed by atoms with E-state index in [0.717, 1.165) is 91.4 Å². The van der Waals surface area contributed by atoms with Crippen LogP contribution in [-0.2, 0) is 36.1 Å². The average Bonchev–Trinajstić information content (AvgIpc) is 3.93. The number of imidazole rings is 1. The Kier molecular flexibility index (Phi) is 10.3. The second-order valence-corrected chi connectivity index (χ2v) is 16.3. The number of pyridine rings is 1. The summed E-state index contributed by atoms with van der Waals surface area (Å²) < 4.78 is 46.7. The first-order chi connectivity index (χ1) is 28.9. The molecule has 3 aliphatic rings. The van der Waals surface area contributed by atoms with Gasteiger partial charge in [-0.3, -0.25) is 43.4 Å². The highest BCUT2D eigenvalue weighted by atomic mass is 19.2. The number of phenols is 1. The van der Waals surface area contributed by atoms with Crippen molar-refractivity contribution in [3.63, 3.8) is 0 Å². The first-order valence-corrected chi connectivity index (χ1v) is 20.3. The minimum Gasteiger partial charge on any atom is -0.503 e. The molecule has 0 bridgehead atoms. The summed E-state index contributed by atoms with van der Waals surface area (Å²) in [5.41, 5.74) is 6.68. The Morgan fingerprint density at radius 2 is 1.73 bits per heavy atom. The van der Waals surface area contributed by atoms with Gasteiger partial charge in [-0.1, -0.05) is 18.2 Å². The maximum absolute atomic E-state index is 14.2. The van der Waals surface area contributed by atoms with Crippen LogP contribution in [0.5, 0.6) is 5.75 Å². The SMILES string of the molecule is Cn1c(=O)n(C2CCC(=O)NC2=O)c2ccc(CCCN3Cc4cnc(-c5ccc6cn([C@H]7CC[C@H](CNC(=O)c8cc(F)c(O)c(F)c8F)CC7)nc6c5)cc4C3)cc21. The lowest BCUT2D eigenvalue weighted by atomic mass is 9.86. The number of hydrogen-bond acceptors (Lipinski definition) is 8. The van der Waals surface area contributed by atoms with Gasteiger partial charge < -0.3 is 10.4 Å². The second kappa shape index (κ2) is 15.7. The van der Waals surface area contributed by atoms with E-state index in [4.69, 9.17) is 10.1 Å². The monoisotopic (exact) mass is 820 g/mol. The summed E-state index contributed by atoms with van der Waals surface area (Å²) in [6.45, 7) is 2.76. The fourth-order valence-corrected chi connectivity index (χ4v) is 9.05. The van der Waals surface area contributed by atoms with Crippen molar-refractivity contribution in [2.24, 2.45) is 13.0 Å². The molecule has 3 N–H and O–H groups in total. The molecule has 1 atom stereocenters. The Morgan fingerprint density at radius 3 is 2.53 bits per heavy atom. The molecule has 1 saturated heterocycles. The van der Waals surface area contributed by atoms with E-state index in [0.29, 0.717) is 18.0 Å². The first kappa shape index (κ1) is 39.2. The van der Waals surface area contributed by atoms with Gasteiger partial charge in [0.15, 0.2) is 17.4 Å². The Hall–Kier alpha value is -6.29. The fraction of sp³-hybridized carbons (Fsp3) is 0.364. The largest absolute Gasteiger partial charge is 0.503 e. The van der Waals surface area contributed by atoms with Gasteiger partial charge in [-0.15, -0.1) is 0 Å². The van der Waals surface area contributed by atoms with Gasteiger partial charge in [0.05, 0.1) is 33.8 Å². The first-order valence-electron chi connectivity index (χ1n) is 20.3. The maximum Gasteiger partial charge on any atom is 0.329 e. The van der Waals surface area contributed by atoms with E-state index in [-0.39, 0.29) is 36.5 Å². The molecule has 1 aliphatic carbocycles. The number of nitrogens with one attached hydrogen (secondary N) is 2. The molecule has 2 fully saturated rings. The van der Waals surface area contributed by atoms with Crippen molar-refractivity contribution in [3.05, 3.63) is 111 Å². The standard InChI is InChI=1S/C44H43F3N8O5/c1-52-37-15-24(6-11-35(37)55(44(52)60)36-12-13-38(56)50-43(36)59)3-2-14-53-21-28-17-33(48-20-29(28)22-53)26-7-8-27-23-54(51-34(27)16-26)30-9-4-25(5-10-30)19-49-42(58)31-18-32(45)41(57)40(47)39(31)46/h6-8,11,15-18,20,23,25,30,36,57H,2-5,9-10,12-14,19,21-22H2,1H3,(H,49,58)(H,50,56,59)/t25-,30-,36?. The third-order valence-corrected chi connectivity index (χ3v) is 12.4. The van der Waals surface area contributed by atoms with Crippen molar-refractivity contribution < 1.29 is 32.7 Å². The molecule has 6 aromatic rings. The van der Waals surface area contributed by atoms with Crippen LogP contribution in [0.25, 0.3) is 33.2 Å². The number of halogens is 3. The van der Waals surface area contributed by atoms with E-state index in [1.165, 1.54) is 15.7 Å². The number of carbonyl (C=O) groups is 3. The van der Waals surface area contributed by atoms with E-state index in [1.54, 1.807) is 11.6 Å². The number of nitrogens with zero attached hydrogens (tertiary/aromatic N) is 6. The summed E-state index contributed by atoms with van der Waals surface area (Å²) in [4.78, 5) is 57.1. The number of carbonyl (C=O) groups excluding carboxylic acids is 3. The molecule has 3 aromatic carbocycles. The molecule has 2 aliphatic heterocycles. The van der Waals surface area contributed by atoms with Crippen LogP contribution in [0.1, 0.15) is 84.1 Å². The molecular formula is C44H43F3N8O5. The molecule has 60 heavy (non-hydrogen) atoms. The molecule has 1 saturated carbocycles. The number of aromatic nitrogens is 5. The summed E-state index contributed by atoms with van der Waals surface area (Å²) in [6, 6.07) is 14.2. The van der Waals surface area contributed by atoms with Crippen molar-refractivity contribution in [2.45, 2.75) is 76.5 Å². The van der Waals surface area contributed by atoms with Crippen LogP contribution in [0, 0.1) is 23.4 Å². The zero-order chi connectivity index (χ0) is 41.8. The highest BCUT2D eigenvalue weighted by Gasteiger charge is 2.32. The number of fused-ring (bicyclic) bond motifs is 3. The summed E-state index contributed by atoms with van der Waals surface area (Å²) >= 11 is 0. The number of aromatic hydroxyl groups is 1. The quantitative estimate of drug-likeness (QED) is 0.113. The lowest BCUT2D eigenvalue weighted by Gasteiger charge is -2.28. The van der Waals surface area contributed by atoms with E-state index in [2.05, 4.69) is 39.8 Å². The molecule has 1 unspecified atom stereocenters. The van der Waals surface area contributed by atoms with Crippen LogP contribution in [-0.4, -0.2) is 64.7 Å². The van der Waals surface area contributed by atoms with Crippen molar-refractivity contribution in [1.29, 1.82) is 0 Å². The Balaban J connectivity index is 0.782. The predicted molar refractivity (Wildman–Crippen MR) is 215 cm³/mol. The minimum atomic E-state index is -1.79. The minimum absolute atomic E-state index is 0.111. The van der Waals surface area contributed by atoms with Crippen LogP contribution in [0.3, 0.4) is 0 Å². The van der Waals surface area contributed by atoms with Gasteiger partial charge in [0.1, 0.15) is 6.04 Å². The average molecular weight is 821 g/mol. The highest BCUT2D eigenvalue weighted by Crippen LogP contribution is 2.34. The topological polar surface area (TPSA) is 156 Å². The number of aryl methyl sites for hydroxylation is 2. The number of amides is 3. The van der Waals surface area contributed by atoms with Crippen molar-refractivity contribution in [1.82, 2.24) is 39.4 Å². The summed E-state index contributed by atoms with van der Waals surface area (Å²) in [5, 5.41) is 20.1. The van der Waals surface area contributed by atoms with Crippen molar-refractivity contribution >= 4 is 39.7 Å². The molecular weight excluding hydrogens is 778 g/mol. The summed E-state index contributed by atoms with van der Waals surface area (Å²) in [5.74, 6) is -7.80. The molecule has 5 heterocycles. The van der Waals surface area contributed by atoms with E-state index in [1.807, 2.05) is 35.3 Å². The fourth-order valence-electron chi connectivity index (χ4n) is 9.05. The molecule has 0 spiro atoms. The smallest absolute Gasteiger partial charge is 0.329 e. The molecule has 3 aromatic heterocycles. The maximum atomic E-state index is 14.2. The third kappa shape index (κ3) is 7.33. The predicted octanol–water partition coefficient (Wildman–Crippen LogP) is 5.96. The van der Waals surface area contributed by atoms with Gasteiger partial charge in [0, 0.05) is 56.4 Å². The number of hydrogen-bond donors (Lipinski definition) is 3. The van der Waals surface area contributed by atoms with Crippen molar-refractivity contribution in [2.75, 3.05) is 13.1 Å². The zero-order valence-corrected chi connectivity index (χ0v) is 32.9. The zero-order valence-electron chi connectivity index (χ0n) is 32.9. The third-order valence-electron chi connectivity index (χ3n) is 12.4.